The van der Waals surface area contributed by atoms with Crippen molar-refractivity contribution >= 4 is 29.3 Å². The van der Waals surface area contributed by atoms with Crippen LogP contribution in [0.3, 0.4) is 0 Å². The summed E-state index contributed by atoms with van der Waals surface area (Å²) in [4.78, 5) is 51.2. The van der Waals surface area contributed by atoms with Gasteiger partial charge in [-0.3, -0.25) is 14.4 Å². The van der Waals surface area contributed by atoms with Crippen LogP contribution in [0.5, 0.6) is 5.75 Å². The molecule has 0 radical (unpaired) electrons. The highest BCUT2D eigenvalue weighted by molar-refractivity contribution is 6.00. The smallest absolute Gasteiger partial charge is 0.338 e. The molecular weight excluding hydrogens is 440 g/mol. The summed E-state index contributed by atoms with van der Waals surface area (Å²) < 4.78 is 15.8. The third-order valence-corrected chi connectivity index (χ3v) is 5.93. The lowest BCUT2D eigenvalue weighted by Gasteiger charge is -2.34. The van der Waals surface area contributed by atoms with Crippen LogP contribution in [-0.4, -0.2) is 67.5 Å². The summed E-state index contributed by atoms with van der Waals surface area (Å²) in [6, 6.07) is 12.8. The molecule has 2 aliphatic rings. The Kier molecular flexibility index (Phi) is 7.22. The van der Waals surface area contributed by atoms with Gasteiger partial charge < -0.3 is 24.4 Å². The molecule has 178 valence electrons. The van der Waals surface area contributed by atoms with Crippen molar-refractivity contribution in [2.24, 2.45) is 0 Å². The summed E-state index contributed by atoms with van der Waals surface area (Å²) in [6.07, 6.45) is 1.06. The van der Waals surface area contributed by atoms with Crippen molar-refractivity contribution in [1.82, 2.24) is 4.90 Å². The highest BCUT2D eigenvalue weighted by Gasteiger charge is 2.39. The van der Waals surface area contributed by atoms with Crippen molar-refractivity contribution in [1.29, 1.82) is 0 Å². The van der Waals surface area contributed by atoms with Gasteiger partial charge in [-0.2, -0.15) is 0 Å². The predicted octanol–water partition coefficient (Wildman–Crippen LogP) is 2.45. The number of methoxy groups -OCH3 is 1. The fourth-order valence-electron chi connectivity index (χ4n) is 4.09. The van der Waals surface area contributed by atoms with Crippen molar-refractivity contribution in [3.8, 4) is 5.75 Å². The lowest BCUT2D eigenvalue weighted by molar-refractivity contribution is -0.158. The van der Waals surface area contributed by atoms with Crippen LogP contribution < -0.4 is 10.1 Å². The number of carbonyl (C=O) groups excluding carboxylic acids is 4. The van der Waals surface area contributed by atoms with E-state index in [1.165, 1.54) is 19.2 Å². The monoisotopic (exact) mass is 466 g/mol. The number of carbonyl (C=O) groups is 4. The number of nitrogens with zero attached hydrogens (tertiary/aromatic N) is 1. The first-order valence-corrected chi connectivity index (χ1v) is 11.1. The number of esters is 1. The Morgan fingerprint density at radius 2 is 1.91 bits per heavy atom. The average Bonchev–Trinajstić information content (AvgIpc) is 3.34. The highest BCUT2D eigenvalue weighted by atomic mass is 16.5. The van der Waals surface area contributed by atoms with Crippen molar-refractivity contribution < 1.29 is 33.4 Å². The lowest BCUT2D eigenvalue weighted by atomic mass is 10.1. The minimum atomic E-state index is -0.772. The number of ketones is 1. The maximum absolute atomic E-state index is 12.5. The Morgan fingerprint density at radius 1 is 1.12 bits per heavy atom. The van der Waals surface area contributed by atoms with Gasteiger partial charge >= 0.3 is 5.97 Å². The summed E-state index contributed by atoms with van der Waals surface area (Å²) >= 11 is 0. The van der Waals surface area contributed by atoms with Crippen LogP contribution in [0.15, 0.2) is 48.5 Å². The van der Waals surface area contributed by atoms with Crippen molar-refractivity contribution in [3.63, 3.8) is 0 Å². The van der Waals surface area contributed by atoms with Crippen LogP contribution in [0.2, 0.25) is 0 Å². The quantitative estimate of drug-likeness (QED) is 0.470. The van der Waals surface area contributed by atoms with Gasteiger partial charge in [0.05, 0.1) is 31.7 Å². The minimum Gasteiger partial charge on any atom is -0.497 e. The molecule has 2 unspecified atom stereocenters. The van der Waals surface area contributed by atoms with Gasteiger partial charge in [-0.25, -0.2) is 4.79 Å². The molecule has 2 heterocycles. The van der Waals surface area contributed by atoms with Crippen LogP contribution in [0.4, 0.5) is 5.69 Å². The molecule has 4 rings (SSSR count). The summed E-state index contributed by atoms with van der Waals surface area (Å²) in [6.45, 7) is 0.770. The lowest BCUT2D eigenvalue weighted by Crippen LogP contribution is -2.51. The number of hydrogen-bond acceptors (Lipinski definition) is 7. The number of amides is 2. The van der Waals surface area contributed by atoms with E-state index in [9.17, 15) is 19.2 Å². The second-order valence-corrected chi connectivity index (χ2v) is 8.21. The van der Waals surface area contributed by atoms with E-state index in [0.717, 1.165) is 12.8 Å². The van der Waals surface area contributed by atoms with E-state index in [1.54, 1.807) is 41.3 Å². The van der Waals surface area contributed by atoms with E-state index < -0.39 is 18.7 Å². The molecule has 34 heavy (non-hydrogen) atoms. The number of ether oxygens (including phenoxy) is 3. The predicted molar refractivity (Wildman–Crippen MR) is 122 cm³/mol. The van der Waals surface area contributed by atoms with Gasteiger partial charge in [0, 0.05) is 17.8 Å². The summed E-state index contributed by atoms with van der Waals surface area (Å²) in [5, 5.41) is 2.71. The van der Waals surface area contributed by atoms with E-state index in [4.69, 9.17) is 14.2 Å². The van der Waals surface area contributed by atoms with Crippen LogP contribution >= 0.6 is 0 Å². The van der Waals surface area contributed by atoms with Crippen LogP contribution in [0.25, 0.3) is 0 Å². The fraction of sp³-hybridized carbons (Fsp3) is 0.360. The molecule has 9 nitrogen and oxygen atoms in total. The Labute approximate surface area is 197 Å². The molecule has 2 amide bonds. The summed E-state index contributed by atoms with van der Waals surface area (Å²) in [7, 11) is 1.50. The largest absolute Gasteiger partial charge is 0.497 e. The first-order chi connectivity index (χ1) is 16.4. The van der Waals surface area contributed by atoms with Gasteiger partial charge in [-0.15, -0.1) is 0 Å². The molecule has 1 N–H and O–H groups in total. The van der Waals surface area contributed by atoms with Gasteiger partial charge in [0.2, 0.25) is 5.91 Å². The number of rotatable bonds is 8. The zero-order chi connectivity index (χ0) is 24.1. The van der Waals surface area contributed by atoms with Gasteiger partial charge in [-0.1, -0.05) is 12.1 Å². The molecule has 0 aromatic heterocycles. The zero-order valence-corrected chi connectivity index (χ0v) is 18.8. The van der Waals surface area contributed by atoms with E-state index in [2.05, 4.69) is 5.32 Å². The van der Waals surface area contributed by atoms with E-state index >= 15 is 0 Å². The Hall–Kier alpha value is -3.72. The molecule has 9 heteroatoms. The molecule has 0 aliphatic carbocycles. The van der Waals surface area contributed by atoms with Gasteiger partial charge in [0.1, 0.15) is 11.9 Å². The van der Waals surface area contributed by atoms with Crippen molar-refractivity contribution in [2.45, 2.75) is 31.4 Å². The Morgan fingerprint density at radius 3 is 2.68 bits per heavy atom. The van der Waals surface area contributed by atoms with Crippen molar-refractivity contribution in [2.75, 3.05) is 32.2 Å². The van der Waals surface area contributed by atoms with E-state index in [-0.39, 0.29) is 35.6 Å². The van der Waals surface area contributed by atoms with Gasteiger partial charge in [-0.05, 0) is 49.2 Å². The standard InChI is InChI=1S/C25H26N2O7/c1-32-20-6-2-4-17(12-20)21(28)15-34-25(31)16-7-9-18(10-8-16)26-23(29)13-22-24(30)27-11-3-5-19(27)14-33-22/h2,4,6-10,12,19,22H,3,5,11,13-15H2,1H3,(H,26,29). The topological polar surface area (TPSA) is 111 Å². The SMILES string of the molecule is COc1cccc(C(=O)COC(=O)c2ccc(NC(=O)CC3OCC4CCCN4C3=O)cc2)c1. The van der Waals surface area contributed by atoms with Crippen LogP contribution in [0.1, 0.15) is 40.0 Å². The number of fused-ring (bicyclic) bond motifs is 1. The molecule has 0 saturated carbocycles. The van der Waals surface area contributed by atoms with Crippen LogP contribution in [0, 0.1) is 0 Å². The van der Waals surface area contributed by atoms with Gasteiger partial charge in [0.15, 0.2) is 12.4 Å². The first-order valence-electron chi connectivity index (χ1n) is 11.1. The minimum absolute atomic E-state index is 0.0712. The second kappa shape index (κ2) is 10.5. The molecule has 2 aromatic carbocycles. The number of anilines is 1. The third-order valence-electron chi connectivity index (χ3n) is 5.93. The molecule has 2 aliphatic heterocycles. The normalized spacial score (nSPS) is 19.3. The average molecular weight is 466 g/mol. The number of Topliss-reactive ketones (excluding diaryl/α,β-unsaturated/α-hetero) is 1. The van der Waals surface area contributed by atoms with E-state index in [0.29, 0.717) is 30.2 Å². The van der Waals surface area contributed by atoms with Crippen LogP contribution in [-0.2, 0) is 19.1 Å². The second-order valence-electron chi connectivity index (χ2n) is 8.21. The zero-order valence-electron chi connectivity index (χ0n) is 18.8. The molecule has 2 atom stereocenters. The maximum atomic E-state index is 12.5. The molecule has 2 aromatic rings. The third kappa shape index (κ3) is 5.43. The summed E-state index contributed by atoms with van der Waals surface area (Å²) in [5.74, 6) is -0.957. The maximum Gasteiger partial charge on any atom is 0.338 e. The fourth-order valence-corrected chi connectivity index (χ4v) is 4.09. The summed E-state index contributed by atoms with van der Waals surface area (Å²) in [5.41, 5.74) is 1.09. The number of benzene rings is 2. The van der Waals surface area contributed by atoms with Gasteiger partial charge in [0.25, 0.3) is 5.91 Å². The Bertz CT molecular complexity index is 1080. The highest BCUT2D eigenvalue weighted by Crippen LogP contribution is 2.25. The van der Waals surface area contributed by atoms with E-state index in [1.807, 2.05) is 0 Å². The molecule has 2 fully saturated rings. The molecule has 0 spiro atoms. The van der Waals surface area contributed by atoms with Crippen molar-refractivity contribution in [3.05, 3.63) is 59.7 Å². The molecule has 2 saturated heterocycles. The number of hydrogen-bond donors (Lipinski definition) is 1. The molecular formula is C25H26N2O7. The number of morpholine rings is 1. The first kappa shape index (κ1) is 23.4. The Balaban J connectivity index is 1.26. The number of nitrogens with one attached hydrogen (secondary N) is 1. The molecule has 0 bridgehead atoms.